The van der Waals surface area contributed by atoms with Crippen LogP contribution in [0.15, 0.2) is 43.0 Å². The van der Waals surface area contributed by atoms with Gasteiger partial charge in [-0.05, 0) is 24.3 Å². The summed E-state index contributed by atoms with van der Waals surface area (Å²) in [7, 11) is 0. The van der Waals surface area contributed by atoms with Crippen LogP contribution in [0.3, 0.4) is 0 Å². The number of amides is 1. The third-order valence-electron chi connectivity index (χ3n) is 2.68. The first-order valence-electron chi connectivity index (χ1n) is 6.32. The standard InChI is InChI=1S/C14H16BrN3O2/c15-5-10-20-13-3-1-12(2-4-13)14(19)17-7-9-18-8-6-16-11-18/h1-4,6,8,11H,5,7,9-10H2,(H,17,19). The van der Waals surface area contributed by atoms with E-state index in [1.165, 1.54) is 0 Å². The fourth-order valence-electron chi connectivity index (χ4n) is 1.68. The van der Waals surface area contributed by atoms with Gasteiger partial charge in [-0.25, -0.2) is 4.98 Å². The second-order valence-electron chi connectivity index (χ2n) is 4.12. The van der Waals surface area contributed by atoms with Crippen molar-refractivity contribution < 1.29 is 9.53 Å². The molecule has 1 aromatic carbocycles. The van der Waals surface area contributed by atoms with Crippen molar-refractivity contribution in [3.8, 4) is 5.75 Å². The molecule has 0 unspecified atom stereocenters. The van der Waals surface area contributed by atoms with E-state index in [0.717, 1.165) is 11.1 Å². The second kappa shape index (κ2) is 7.69. The number of nitrogens with one attached hydrogen (secondary N) is 1. The summed E-state index contributed by atoms with van der Waals surface area (Å²) in [6.07, 6.45) is 5.30. The molecule has 106 valence electrons. The summed E-state index contributed by atoms with van der Waals surface area (Å²) in [6.45, 7) is 1.88. The SMILES string of the molecule is O=C(NCCn1ccnc1)c1ccc(OCCBr)cc1. The Morgan fingerprint density at radius 2 is 2.15 bits per heavy atom. The van der Waals surface area contributed by atoms with Gasteiger partial charge in [-0.3, -0.25) is 4.79 Å². The normalized spacial score (nSPS) is 10.2. The number of rotatable bonds is 7. The zero-order valence-corrected chi connectivity index (χ0v) is 12.5. The van der Waals surface area contributed by atoms with Crippen molar-refractivity contribution in [2.24, 2.45) is 0 Å². The highest BCUT2D eigenvalue weighted by Gasteiger charge is 2.04. The average Bonchev–Trinajstić information content (AvgIpc) is 2.99. The number of halogens is 1. The monoisotopic (exact) mass is 337 g/mol. The molecule has 1 N–H and O–H groups in total. The van der Waals surface area contributed by atoms with Crippen LogP contribution in [0, 0.1) is 0 Å². The van der Waals surface area contributed by atoms with E-state index in [-0.39, 0.29) is 5.91 Å². The summed E-state index contributed by atoms with van der Waals surface area (Å²) in [5.41, 5.74) is 0.627. The Hall–Kier alpha value is -1.82. The van der Waals surface area contributed by atoms with Gasteiger partial charge in [0, 0.05) is 36.4 Å². The zero-order chi connectivity index (χ0) is 14.2. The predicted molar refractivity (Wildman–Crippen MR) is 80.3 cm³/mol. The molecule has 0 saturated carbocycles. The van der Waals surface area contributed by atoms with Crippen LogP contribution in [-0.4, -0.2) is 33.9 Å². The largest absolute Gasteiger partial charge is 0.493 e. The van der Waals surface area contributed by atoms with Crippen LogP contribution in [0.2, 0.25) is 0 Å². The molecule has 0 saturated heterocycles. The van der Waals surface area contributed by atoms with E-state index in [9.17, 15) is 4.79 Å². The molecule has 0 spiro atoms. The number of alkyl halides is 1. The lowest BCUT2D eigenvalue weighted by atomic mass is 10.2. The number of hydrogen-bond donors (Lipinski definition) is 1. The summed E-state index contributed by atoms with van der Waals surface area (Å²) in [5, 5.41) is 3.65. The Bertz CT molecular complexity index is 526. The first-order valence-corrected chi connectivity index (χ1v) is 7.44. The predicted octanol–water partition coefficient (Wildman–Crippen LogP) is 2.09. The van der Waals surface area contributed by atoms with Crippen molar-refractivity contribution in [1.82, 2.24) is 14.9 Å². The van der Waals surface area contributed by atoms with Gasteiger partial charge in [-0.2, -0.15) is 0 Å². The number of nitrogens with zero attached hydrogens (tertiary/aromatic N) is 2. The highest BCUT2D eigenvalue weighted by molar-refractivity contribution is 9.09. The number of aromatic nitrogens is 2. The Morgan fingerprint density at radius 3 is 2.80 bits per heavy atom. The molecule has 0 aliphatic heterocycles. The Labute approximate surface area is 126 Å². The number of carbonyl (C=O) groups is 1. The van der Waals surface area contributed by atoms with Crippen LogP contribution < -0.4 is 10.1 Å². The van der Waals surface area contributed by atoms with E-state index in [1.54, 1.807) is 36.8 Å². The Morgan fingerprint density at radius 1 is 1.35 bits per heavy atom. The van der Waals surface area contributed by atoms with Crippen molar-refractivity contribution in [3.63, 3.8) is 0 Å². The van der Waals surface area contributed by atoms with E-state index in [4.69, 9.17) is 4.74 Å². The molecular formula is C14H16BrN3O2. The van der Waals surface area contributed by atoms with E-state index in [1.807, 2.05) is 10.8 Å². The van der Waals surface area contributed by atoms with Crippen molar-refractivity contribution in [2.45, 2.75) is 6.54 Å². The van der Waals surface area contributed by atoms with Crippen LogP contribution in [0.5, 0.6) is 5.75 Å². The molecule has 5 nitrogen and oxygen atoms in total. The molecule has 0 aliphatic carbocycles. The lowest BCUT2D eigenvalue weighted by Gasteiger charge is -2.07. The first kappa shape index (κ1) is 14.6. The van der Waals surface area contributed by atoms with Crippen LogP contribution in [0.1, 0.15) is 10.4 Å². The minimum absolute atomic E-state index is 0.0860. The number of benzene rings is 1. The van der Waals surface area contributed by atoms with Crippen molar-refractivity contribution in [2.75, 3.05) is 18.5 Å². The molecule has 0 bridgehead atoms. The summed E-state index contributed by atoms with van der Waals surface area (Å²) in [6, 6.07) is 7.12. The third kappa shape index (κ3) is 4.38. The Kier molecular flexibility index (Phi) is 5.61. The summed E-state index contributed by atoms with van der Waals surface area (Å²) < 4.78 is 7.35. The third-order valence-corrected chi connectivity index (χ3v) is 3.00. The van der Waals surface area contributed by atoms with E-state index in [2.05, 4.69) is 26.2 Å². The Balaban J connectivity index is 1.79. The van der Waals surface area contributed by atoms with Crippen LogP contribution >= 0.6 is 15.9 Å². The molecule has 2 aromatic rings. The molecular weight excluding hydrogens is 322 g/mol. The van der Waals surface area contributed by atoms with Gasteiger partial charge in [0.2, 0.25) is 0 Å². The molecule has 0 radical (unpaired) electrons. The highest BCUT2D eigenvalue weighted by Crippen LogP contribution is 2.12. The van der Waals surface area contributed by atoms with Gasteiger partial charge in [-0.1, -0.05) is 15.9 Å². The average molecular weight is 338 g/mol. The zero-order valence-electron chi connectivity index (χ0n) is 11.0. The molecule has 1 amide bonds. The number of hydrogen-bond acceptors (Lipinski definition) is 3. The van der Waals surface area contributed by atoms with Gasteiger partial charge in [0.25, 0.3) is 5.91 Å². The maximum atomic E-state index is 11.9. The van der Waals surface area contributed by atoms with Gasteiger partial charge < -0.3 is 14.6 Å². The summed E-state index contributed by atoms with van der Waals surface area (Å²) in [5.74, 6) is 0.677. The van der Waals surface area contributed by atoms with Gasteiger partial charge in [0.15, 0.2) is 0 Å². The lowest BCUT2D eigenvalue weighted by Crippen LogP contribution is -2.26. The number of carbonyl (C=O) groups excluding carboxylic acids is 1. The topological polar surface area (TPSA) is 56.2 Å². The molecule has 20 heavy (non-hydrogen) atoms. The van der Waals surface area contributed by atoms with E-state index in [0.29, 0.717) is 25.3 Å². The second-order valence-corrected chi connectivity index (χ2v) is 4.91. The van der Waals surface area contributed by atoms with Crippen molar-refractivity contribution >= 4 is 21.8 Å². The number of ether oxygens (including phenoxy) is 1. The molecule has 0 fully saturated rings. The first-order chi connectivity index (χ1) is 9.79. The molecule has 2 rings (SSSR count). The van der Waals surface area contributed by atoms with Gasteiger partial charge in [-0.15, -0.1) is 0 Å². The minimum Gasteiger partial charge on any atom is -0.493 e. The maximum Gasteiger partial charge on any atom is 0.251 e. The van der Waals surface area contributed by atoms with E-state index >= 15 is 0 Å². The van der Waals surface area contributed by atoms with Gasteiger partial charge in [0.05, 0.1) is 12.9 Å². The lowest BCUT2D eigenvalue weighted by molar-refractivity contribution is 0.0952. The smallest absolute Gasteiger partial charge is 0.251 e. The van der Waals surface area contributed by atoms with Crippen molar-refractivity contribution in [3.05, 3.63) is 48.5 Å². The quantitative estimate of drug-likeness (QED) is 0.787. The maximum absolute atomic E-state index is 11.9. The molecule has 6 heteroatoms. The molecule has 1 heterocycles. The summed E-state index contributed by atoms with van der Waals surface area (Å²) >= 11 is 3.29. The summed E-state index contributed by atoms with van der Waals surface area (Å²) in [4.78, 5) is 15.9. The number of imidazole rings is 1. The van der Waals surface area contributed by atoms with Crippen LogP contribution in [0.25, 0.3) is 0 Å². The fraction of sp³-hybridized carbons (Fsp3) is 0.286. The minimum atomic E-state index is -0.0860. The van der Waals surface area contributed by atoms with Gasteiger partial charge >= 0.3 is 0 Å². The molecule has 0 aliphatic rings. The highest BCUT2D eigenvalue weighted by atomic mass is 79.9. The van der Waals surface area contributed by atoms with Crippen LogP contribution in [0.4, 0.5) is 0 Å². The molecule has 0 atom stereocenters. The van der Waals surface area contributed by atoms with E-state index < -0.39 is 0 Å². The van der Waals surface area contributed by atoms with Gasteiger partial charge in [0.1, 0.15) is 5.75 Å². The molecule has 1 aromatic heterocycles. The fourth-order valence-corrected chi connectivity index (χ4v) is 1.84. The van der Waals surface area contributed by atoms with Crippen LogP contribution in [-0.2, 0) is 6.54 Å². The van der Waals surface area contributed by atoms with Crippen molar-refractivity contribution in [1.29, 1.82) is 0 Å².